The van der Waals surface area contributed by atoms with Crippen molar-refractivity contribution in [2.24, 2.45) is 0 Å². The molecular formula is C52H11B24N3O. The lowest BCUT2D eigenvalue weighted by molar-refractivity contribution is 0.672. The molecule has 48 radical (unpaired) electrons. The molecule has 2 aromatic heterocycles. The van der Waals surface area contributed by atoms with Crippen LogP contribution in [0.15, 0.2) is 71.1 Å². The summed E-state index contributed by atoms with van der Waals surface area (Å²) in [6, 6.07) is 20.3. The molecule has 0 saturated heterocycles. The highest BCUT2D eigenvalue weighted by Crippen LogP contribution is 2.40. The molecule has 0 unspecified atom stereocenters. The van der Waals surface area contributed by atoms with Crippen molar-refractivity contribution in [3.05, 3.63) is 66.7 Å². The predicted molar refractivity (Wildman–Crippen MR) is 360 cm³/mol. The predicted octanol–water partition coefficient (Wildman–Crippen LogP) is -14.8. The Balaban J connectivity index is 1.45. The van der Waals surface area contributed by atoms with Crippen LogP contribution in [0.4, 0.5) is 17.1 Å². The number of benzene rings is 8. The largest absolute Gasteiger partial charge is 0.455 e. The maximum atomic E-state index is 7.65. The molecule has 0 aliphatic carbocycles. The molecule has 0 saturated carbocycles. The first-order chi connectivity index (χ1) is 37.8. The smallest absolute Gasteiger partial charge is 0.159 e. The van der Waals surface area contributed by atoms with Crippen molar-refractivity contribution >= 4 is 358 Å². The van der Waals surface area contributed by atoms with Crippen LogP contribution >= 0.6 is 0 Å². The molecule has 312 valence electrons. The maximum absolute atomic E-state index is 7.65. The minimum absolute atomic E-state index is 0.0289. The first kappa shape index (κ1) is 57.2. The van der Waals surface area contributed by atoms with E-state index in [4.69, 9.17) is 203 Å². The zero-order valence-corrected chi connectivity index (χ0v) is 42.5. The van der Waals surface area contributed by atoms with Crippen molar-refractivity contribution in [2.75, 3.05) is 4.90 Å². The van der Waals surface area contributed by atoms with E-state index < -0.39 is 0 Å². The molecule has 0 fully saturated rings. The highest BCUT2D eigenvalue weighted by Gasteiger charge is 2.34. The fraction of sp³-hybridized carbons (Fsp3) is 0. The minimum atomic E-state index is -0.365. The summed E-state index contributed by atoms with van der Waals surface area (Å²) in [7, 11) is 163. The Morgan fingerprint density at radius 3 is 0.925 bits per heavy atom. The maximum Gasteiger partial charge on any atom is 0.159 e. The molecule has 0 bridgehead atoms. The number of hydrogen-bond donors (Lipinski definition) is 0. The fourth-order valence-electron chi connectivity index (χ4n) is 10.1. The zero-order valence-electron chi connectivity index (χ0n) is 42.5. The highest BCUT2D eigenvalue weighted by atomic mass is 16.3. The van der Waals surface area contributed by atoms with Gasteiger partial charge in [-0.05, 0) is 28.3 Å². The van der Waals surface area contributed by atoms with Gasteiger partial charge in [-0.2, -0.15) is 0 Å². The number of furan rings is 1. The van der Waals surface area contributed by atoms with E-state index in [2.05, 4.69) is 0 Å². The van der Waals surface area contributed by atoms with Crippen LogP contribution in [0, 0.1) is 0 Å². The van der Waals surface area contributed by atoms with Crippen LogP contribution in [0.2, 0.25) is 0 Å². The molecular weight excluding hydrogens is 942 g/mol. The van der Waals surface area contributed by atoms with Crippen LogP contribution in [-0.2, 0) is 0 Å². The SMILES string of the molecule is [B]c1c([B])c([B])c(-c2c([B])c([B])c(N(c3c([B])c([B])c(-c4c([B])c([B])c([B])c([B])c4[B])c([B])c3[B])c3c([B])c(-c4nc(-c5ccccc5)cc(-c5ccccc5)n4)c([B])c4c3oc3c([B])c([B])c([B])c([B])c34)c([B])c2[B])c([B])c1[B]. The summed E-state index contributed by atoms with van der Waals surface area (Å²) in [4.78, 5) is 11.4. The quantitative estimate of drug-likeness (QED) is 0.142. The van der Waals surface area contributed by atoms with Gasteiger partial charge < -0.3 is 9.32 Å². The minimum Gasteiger partial charge on any atom is -0.455 e. The van der Waals surface area contributed by atoms with E-state index in [0.717, 1.165) is 0 Å². The van der Waals surface area contributed by atoms with Crippen LogP contribution < -0.4 is 136 Å². The van der Waals surface area contributed by atoms with Crippen LogP contribution in [0.5, 0.6) is 0 Å². The lowest BCUT2D eigenvalue weighted by atomic mass is 9.56. The van der Waals surface area contributed by atoms with Gasteiger partial charge in [-0.3, -0.25) is 0 Å². The Hall–Kier alpha value is -6.00. The molecule has 2 heterocycles. The number of nitrogens with zero attached hydrogens (tertiary/aromatic N) is 3. The summed E-state index contributed by atoms with van der Waals surface area (Å²) in [6.45, 7) is 0. The standard InChI is InChI=1S/C52H11B24N3O/c53-23-20-21-32(62)38(68)41(71)46(76)50(21)80-51(20)49(33(63)22(23)52-77-14(12-7-3-1-4-8-12)11-15(78-52)13-9-5-2-6-10-13)79(47-42(72)28(58)18(29(59)43(47)73)16-24(54)34(64)39(69)35(65)25(16)55)48-44(74)30(60)19(31(61)45(48)75)17-26(56)36(66)40(70)37(67)27(17)57/h1-11H. The van der Waals surface area contributed by atoms with Crippen molar-refractivity contribution in [3.8, 4) is 56.2 Å². The number of rotatable bonds is 8. The van der Waals surface area contributed by atoms with Gasteiger partial charge >= 0.3 is 0 Å². The van der Waals surface area contributed by atoms with E-state index in [1.165, 1.54) is 4.90 Å². The molecule has 0 spiro atoms. The molecule has 10 aromatic rings. The van der Waals surface area contributed by atoms with E-state index in [-0.39, 0.29) is 204 Å². The second-order valence-corrected chi connectivity index (χ2v) is 18.9. The lowest BCUT2D eigenvalue weighted by Crippen LogP contribution is -2.58. The van der Waals surface area contributed by atoms with Crippen LogP contribution in [0.1, 0.15) is 0 Å². The summed E-state index contributed by atoms with van der Waals surface area (Å²) < 4.78 is 6.78. The highest BCUT2D eigenvalue weighted by molar-refractivity contribution is 6.74. The van der Waals surface area contributed by atoms with Crippen molar-refractivity contribution in [1.82, 2.24) is 9.97 Å². The average Bonchev–Trinajstić information content (AvgIpc) is 4.05. The first-order valence-corrected chi connectivity index (χ1v) is 23.8. The summed E-state index contributed by atoms with van der Waals surface area (Å²) in [5.74, 6) is -0.0350. The molecule has 80 heavy (non-hydrogen) atoms. The van der Waals surface area contributed by atoms with Gasteiger partial charge in [0.15, 0.2) is 11.4 Å². The van der Waals surface area contributed by atoms with Gasteiger partial charge in [0.2, 0.25) is 0 Å². The van der Waals surface area contributed by atoms with Gasteiger partial charge in [0.05, 0.1) is 17.1 Å². The van der Waals surface area contributed by atoms with E-state index in [9.17, 15) is 0 Å². The van der Waals surface area contributed by atoms with Gasteiger partial charge in [-0.15, -0.1) is 43.7 Å². The molecule has 0 aliphatic rings. The van der Waals surface area contributed by atoms with Crippen molar-refractivity contribution in [1.29, 1.82) is 0 Å². The van der Waals surface area contributed by atoms with E-state index in [1.807, 2.05) is 60.7 Å². The van der Waals surface area contributed by atoms with Crippen LogP contribution in [0.25, 0.3) is 78.1 Å². The molecule has 28 heteroatoms. The number of anilines is 3. The zero-order chi connectivity index (χ0) is 58.1. The molecule has 8 aromatic carbocycles. The van der Waals surface area contributed by atoms with Gasteiger partial charge in [0.25, 0.3) is 0 Å². The Morgan fingerprint density at radius 2 is 0.562 bits per heavy atom. The molecule has 0 N–H and O–H groups in total. The Kier molecular flexibility index (Phi) is 15.1. The second kappa shape index (κ2) is 21.1. The Labute approximate surface area is 497 Å². The lowest BCUT2D eigenvalue weighted by Gasteiger charge is -2.39. The Morgan fingerprint density at radius 1 is 0.263 bits per heavy atom. The first-order valence-electron chi connectivity index (χ1n) is 23.8. The Bertz CT molecular complexity index is 4050. The van der Waals surface area contributed by atoms with Gasteiger partial charge in [0.1, 0.15) is 194 Å². The van der Waals surface area contributed by atoms with Crippen LogP contribution in [0.3, 0.4) is 0 Å². The fourth-order valence-corrected chi connectivity index (χ4v) is 10.1. The molecule has 0 amide bonds. The van der Waals surface area contributed by atoms with Crippen molar-refractivity contribution in [2.45, 2.75) is 0 Å². The number of hydrogen-bond acceptors (Lipinski definition) is 4. The van der Waals surface area contributed by atoms with Gasteiger partial charge in [-0.1, -0.05) is 148 Å². The topological polar surface area (TPSA) is 42.2 Å². The summed E-state index contributed by atoms with van der Waals surface area (Å²) in [5, 5.41) is 0.104. The normalized spacial score (nSPS) is 11.4. The van der Waals surface area contributed by atoms with Crippen LogP contribution in [-0.4, -0.2) is 198 Å². The van der Waals surface area contributed by atoms with E-state index in [0.29, 0.717) is 22.5 Å². The van der Waals surface area contributed by atoms with Crippen molar-refractivity contribution in [3.63, 3.8) is 0 Å². The third kappa shape index (κ3) is 8.55. The third-order valence-electron chi connectivity index (χ3n) is 14.5. The summed E-state index contributed by atoms with van der Waals surface area (Å²) in [6.07, 6.45) is 0. The molecule has 0 aliphatic heterocycles. The molecule has 10 rings (SSSR count). The van der Waals surface area contributed by atoms with Gasteiger partial charge in [-0.25, -0.2) is 9.97 Å². The monoisotopic (exact) mass is 957 g/mol. The number of fused-ring (bicyclic) bond motifs is 3. The third-order valence-corrected chi connectivity index (χ3v) is 14.5. The average molecular weight is 953 g/mol. The van der Waals surface area contributed by atoms with Gasteiger partial charge in [0, 0.05) is 38.8 Å². The molecule has 4 nitrogen and oxygen atoms in total. The van der Waals surface area contributed by atoms with E-state index >= 15 is 0 Å². The number of aromatic nitrogens is 2. The molecule has 0 atom stereocenters. The van der Waals surface area contributed by atoms with Crippen molar-refractivity contribution < 1.29 is 4.42 Å². The second-order valence-electron chi connectivity index (χ2n) is 18.9. The summed E-state index contributed by atoms with van der Waals surface area (Å²) >= 11 is 0. The van der Waals surface area contributed by atoms with E-state index in [1.54, 1.807) is 6.07 Å². The summed E-state index contributed by atoms with van der Waals surface area (Å²) in [5.41, 5.74) is -4.21.